The first kappa shape index (κ1) is 25.7. The maximum atomic E-state index is 13.0. The zero-order valence-corrected chi connectivity index (χ0v) is 21.2. The van der Waals surface area contributed by atoms with Crippen molar-refractivity contribution in [2.75, 3.05) is 44.7 Å². The molecule has 0 unspecified atom stereocenters. The van der Waals surface area contributed by atoms with Gasteiger partial charge in [-0.1, -0.05) is 0 Å². The van der Waals surface area contributed by atoms with Gasteiger partial charge in [0.05, 0.1) is 35.2 Å². The molecule has 190 valence electrons. The van der Waals surface area contributed by atoms with Crippen molar-refractivity contribution in [2.45, 2.75) is 35.8 Å². The fraction of sp³-hybridized carbons (Fsp3) is 0.435. The molecule has 4 rings (SSSR count). The first-order valence-corrected chi connectivity index (χ1v) is 14.2. The zero-order chi connectivity index (χ0) is 25.2. The molecule has 0 aromatic heterocycles. The first-order chi connectivity index (χ1) is 16.6. The molecule has 0 radical (unpaired) electrons. The van der Waals surface area contributed by atoms with Crippen molar-refractivity contribution in [3.63, 3.8) is 0 Å². The van der Waals surface area contributed by atoms with Crippen LogP contribution in [0.1, 0.15) is 24.2 Å². The van der Waals surface area contributed by atoms with Crippen LogP contribution in [0.25, 0.3) is 0 Å². The van der Waals surface area contributed by atoms with Gasteiger partial charge in [0.2, 0.25) is 20.0 Å². The van der Waals surface area contributed by atoms with Gasteiger partial charge in [-0.2, -0.15) is 8.61 Å². The third-order valence-electron chi connectivity index (χ3n) is 5.86. The Morgan fingerprint density at radius 2 is 1.29 bits per heavy atom. The number of morpholine rings is 2. The van der Waals surface area contributed by atoms with E-state index in [-0.39, 0.29) is 40.7 Å². The van der Waals surface area contributed by atoms with E-state index in [9.17, 15) is 21.6 Å². The number of benzene rings is 2. The highest BCUT2D eigenvalue weighted by molar-refractivity contribution is 7.89. The van der Waals surface area contributed by atoms with E-state index in [0.29, 0.717) is 32.0 Å². The van der Waals surface area contributed by atoms with Gasteiger partial charge >= 0.3 is 0 Å². The molecule has 35 heavy (non-hydrogen) atoms. The molecule has 2 atom stereocenters. The Morgan fingerprint density at radius 1 is 0.800 bits per heavy atom. The van der Waals surface area contributed by atoms with Crippen LogP contribution in [0.15, 0.2) is 58.3 Å². The van der Waals surface area contributed by atoms with Crippen LogP contribution in [0.3, 0.4) is 0 Å². The topological polar surface area (TPSA) is 122 Å². The zero-order valence-electron chi connectivity index (χ0n) is 19.6. The summed E-state index contributed by atoms with van der Waals surface area (Å²) in [6, 6.07) is 11.6. The van der Waals surface area contributed by atoms with Gasteiger partial charge in [-0.3, -0.25) is 4.79 Å². The lowest BCUT2D eigenvalue weighted by atomic mass is 10.2. The van der Waals surface area contributed by atoms with Crippen molar-refractivity contribution in [1.29, 1.82) is 0 Å². The second-order valence-electron chi connectivity index (χ2n) is 8.60. The molecule has 0 spiro atoms. The summed E-state index contributed by atoms with van der Waals surface area (Å²) in [7, 11) is -7.33. The van der Waals surface area contributed by atoms with Crippen molar-refractivity contribution in [3.05, 3.63) is 54.1 Å². The molecule has 2 fully saturated rings. The second-order valence-corrected chi connectivity index (χ2v) is 12.5. The number of nitrogens with one attached hydrogen (secondary N) is 1. The Kier molecular flexibility index (Phi) is 7.60. The fourth-order valence-corrected chi connectivity index (χ4v) is 7.10. The number of hydrogen-bond donors (Lipinski definition) is 1. The van der Waals surface area contributed by atoms with E-state index in [1.807, 2.05) is 13.8 Å². The average Bonchev–Trinajstić information content (AvgIpc) is 2.84. The highest BCUT2D eigenvalue weighted by atomic mass is 32.2. The third-order valence-corrected chi connectivity index (χ3v) is 9.62. The molecule has 0 bridgehead atoms. The van der Waals surface area contributed by atoms with Crippen molar-refractivity contribution in [2.24, 2.45) is 0 Å². The largest absolute Gasteiger partial charge is 0.379 e. The normalized spacial score (nSPS) is 22.6. The Balaban J connectivity index is 1.42. The van der Waals surface area contributed by atoms with Crippen molar-refractivity contribution >= 4 is 31.6 Å². The molecule has 2 aliphatic rings. The summed E-state index contributed by atoms with van der Waals surface area (Å²) in [5.41, 5.74) is 0.696. The van der Waals surface area contributed by atoms with Crippen LogP contribution >= 0.6 is 0 Å². The lowest BCUT2D eigenvalue weighted by Crippen LogP contribution is -2.48. The highest BCUT2D eigenvalue weighted by Crippen LogP contribution is 2.23. The summed E-state index contributed by atoms with van der Waals surface area (Å²) >= 11 is 0. The number of amides is 1. The number of anilines is 1. The van der Waals surface area contributed by atoms with Crippen molar-refractivity contribution < 1.29 is 31.1 Å². The number of carbonyl (C=O) groups excluding carboxylic acids is 1. The smallest absolute Gasteiger partial charge is 0.255 e. The van der Waals surface area contributed by atoms with E-state index in [2.05, 4.69) is 5.32 Å². The van der Waals surface area contributed by atoms with Crippen LogP contribution in [0.4, 0.5) is 5.69 Å². The lowest BCUT2D eigenvalue weighted by molar-refractivity contribution is -0.0440. The molecular formula is C23H29N3O7S2. The molecule has 2 heterocycles. The van der Waals surface area contributed by atoms with Gasteiger partial charge in [0.25, 0.3) is 5.91 Å². The Labute approximate surface area is 205 Å². The van der Waals surface area contributed by atoms with E-state index in [1.54, 1.807) is 0 Å². The van der Waals surface area contributed by atoms with Crippen molar-refractivity contribution in [3.8, 4) is 0 Å². The predicted molar refractivity (Wildman–Crippen MR) is 129 cm³/mol. The van der Waals surface area contributed by atoms with Gasteiger partial charge in [-0.25, -0.2) is 16.8 Å². The minimum Gasteiger partial charge on any atom is -0.379 e. The monoisotopic (exact) mass is 523 g/mol. The van der Waals surface area contributed by atoms with Gasteiger partial charge < -0.3 is 14.8 Å². The molecule has 10 nitrogen and oxygen atoms in total. The number of ether oxygens (including phenoxy) is 2. The summed E-state index contributed by atoms with van der Waals surface area (Å²) in [5.74, 6) is -0.439. The van der Waals surface area contributed by atoms with E-state index in [1.165, 1.54) is 57.1 Å². The van der Waals surface area contributed by atoms with Crippen molar-refractivity contribution in [1.82, 2.24) is 8.61 Å². The number of rotatable bonds is 6. The van der Waals surface area contributed by atoms with Crippen LogP contribution in [-0.4, -0.2) is 83.0 Å². The summed E-state index contributed by atoms with van der Waals surface area (Å²) in [4.78, 5) is 12.9. The van der Waals surface area contributed by atoms with Crippen LogP contribution in [0.2, 0.25) is 0 Å². The molecule has 12 heteroatoms. The molecule has 0 aliphatic carbocycles. The van der Waals surface area contributed by atoms with Crippen LogP contribution < -0.4 is 5.32 Å². The van der Waals surface area contributed by atoms with Gasteiger partial charge in [0.15, 0.2) is 0 Å². The van der Waals surface area contributed by atoms with Gasteiger partial charge in [0.1, 0.15) is 0 Å². The Morgan fingerprint density at radius 3 is 1.83 bits per heavy atom. The Hall–Kier alpha value is -2.35. The predicted octanol–water partition coefficient (Wildman–Crippen LogP) is 1.76. The molecule has 2 aromatic carbocycles. The molecule has 2 aliphatic heterocycles. The average molecular weight is 524 g/mol. The molecule has 1 amide bonds. The Bertz CT molecular complexity index is 1250. The number of carbonyl (C=O) groups is 1. The first-order valence-electron chi connectivity index (χ1n) is 11.3. The third kappa shape index (κ3) is 5.74. The van der Waals surface area contributed by atoms with Gasteiger partial charge in [-0.15, -0.1) is 0 Å². The minimum absolute atomic E-state index is 0.105. The minimum atomic E-state index is -3.70. The van der Waals surface area contributed by atoms with Crippen LogP contribution in [0, 0.1) is 0 Å². The summed E-state index contributed by atoms with van der Waals surface area (Å²) in [6.07, 6.45) is -0.400. The van der Waals surface area contributed by atoms with Crippen LogP contribution in [-0.2, 0) is 29.5 Å². The number of hydrogen-bond acceptors (Lipinski definition) is 7. The van der Waals surface area contributed by atoms with Gasteiger partial charge in [0, 0.05) is 37.4 Å². The van der Waals surface area contributed by atoms with E-state index < -0.39 is 26.0 Å². The van der Waals surface area contributed by atoms with Crippen LogP contribution in [0.5, 0.6) is 0 Å². The van der Waals surface area contributed by atoms with E-state index in [0.717, 1.165) is 0 Å². The standard InChI is InChI=1S/C23H29N3O7S2/c1-17-15-26(16-18(2)33-17)35(30,31)21-7-3-19(4-8-21)23(27)24-20-5-9-22(10-6-20)34(28,29)25-11-13-32-14-12-25/h3-10,17-18H,11-16H2,1-2H3,(H,24,27)/t17-,18-/m1/s1. The SMILES string of the molecule is C[C@@H]1CN(S(=O)(=O)c2ccc(C(=O)Nc3ccc(S(=O)(=O)N4CCOCC4)cc3)cc2)C[C@@H](C)O1. The van der Waals surface area contributed by atoms with E-state index in [4.69, 9.17) is 9.47 Å². The lowest BCUT2D eigenvalue weighted by Gasteiger charge is -2.34. The molecule has 2 aromatic rings. The fourth-order valence-electron chi connectivity index (χ4n) is 4.10. The molecular weight excluding hydrogens is 494 g/mol. The highest BCUT2D eigenvalue weighted by Gasteiger charge is 2.32. The van der Waals surface area contributed by atoms with Gasteiger partial charge in [-0.05, 0) is 62.4 Å². The maximum absolute atomic E-state index is 13.0. The summed E-state index contributed by atoms with van der Waals surface area (Å²) in [5, 5.41) is 2.71. The summed E-state index contributed by atoms with van der Waals surface area (Å²) in [6.45, 7) is 5.52. The molecule has 2 saturated heterocycles. The molecule has 0 saturated carbocycles. The second kappa shape index (κ2) is 10.3. The number of nitrogens with zero attached hydrogens (tertiary/aromatic N) is 2. The molecule has 1 N–H and O–H groups in total. The van der Waals surface area contributed by atoms with E-state index >= 15 is 0 Å². The summed E-state index contributed by atoms with van der Waals surface area (Å²) < 4.78 is 65.0. The number of sulfonamides is 2. The maximum Gasteiger partial charge on any atom is 0.255 e. The quantitative estimate of drug-likeness (QED) is 0.612.